The van der Waals surface area contributed by atoms with E-state index in [2.05, 4.69) is 10.3 Å². The molecule has 0 aliphatic heterocycles. The predicted molar refractivity (Wildman–Crippen MR) is 71.2 cm³/mol. The molecule has 0 aliphatic carbocycles. The van der Waals surface area contributed by atoms with Crippen molar-refractivity contribution in [1.82, 2.24) is 10.3 Å². The van der Waals surface area contributed by atoms with E-state index in [9.17, 15) is 26.7 Å². The number of aromatic nitrogens is 1. The highest BCUT2D eigenvalue weighted by Crippen LogP contribution is 2.31. The summed E-state index contributed by atoms with van der Waals surface area (Å²) in [6.07, 6.45) is -3.60. The second-order valence-electron chi connectivity index (χ2n) is 4.57. The van der Waals surface area contributed by atoms with E-state index in [0.717, 1.165) is 0 Å². The highest BCUT2D eigenvalue weighted by atomic mass is 19.4. The summed E-state index contributed by atoms with van der Waals surface area (Å²) in [5, 5.41) is 2.20. The fraction of sp³-hybridized carbons (Fsp3) is 0.143. The number of pyridine rings is 1. The third-order valence-electron chi connectivity index (χ3n) is 2.94. The molecule has 0 bridgehead atoms. The van der Waals surface area contributed by atoms with E-state index in [4.69, 9.17) is 5.73 Å². The number of alkyl halides is 3. The molecule has 1 aromatic carbocycles. The smallest absolute Gasteiger partial charge is 0.384 e. The molecular weight excluding hydrogens is 321 g/mol. The first-order chi connectivity index (χ1) is 10.7. The van der Waals surface area contributed by atoms with Crippen LogP contribution in [0.2, 0.25) is 0 Å². The molecule has 122 valence electrons. The number of hydrogen-bond donors (Lipinski definition) is 2. The van der Waals surface area contributed by atoms with Gasteiger partial charge in [0.1, 0.15) is 17.5 Å². The number of carbonyl (C=O) groups is 1. The van der Waals surface area contributed by atoms with E-state index in [1.54, 1.807) is 0 Å². The third-order valence-corrected chi connectivity index (χ3v) is 2.94. The molecule has 1 heterocycles. The van der Waals surface area contributed by atoms with Crippen molar-refractivity contribution < 1.29 is 26.7 Å². The van der Waals surface area contributed by atoms with Gasteiger partial charge in [-0.15, -0.1) is 0 Å². The number of nitrogens with zero attached hydrogens (tertiary/aromatic N) is 1. The van der Waals surface area contributed by atoms with Gasteiger partial charge < -0.3 is 11.1 Å². The summed E-state index contributed by atoms with van der Waals surface area (Å²) < 4.78 is 64.6. The van der Waals surface area contributed by atoms with Gasteiger partial charge in [-0.25, -0.2) is 13.8 Å². The Labute approximate surface area is 127 Å². The molecular formula is C14H10F5N3O. The number of rotatable bonds is 3. The Kier molecular flexibility index (Phi) is 4.48. The van der Waals surface area contributed by atoms with Gasteiger partial charge in [0.25, 0.3) is 5.91 Å². The summed E-state index contributed by atoms with van der Waals surface area (Å²) >= 11 is 0. The lowest BCUT2D eigenvalue weighted by atomic mass is 10.1. The predicted octanol–water partition coefficient (Wildman–Crippen LogP) is 2.89. The molecule has 1 amide bonds. The van der Waals surface area contributed by atoms with Crippen molar-refractivity contribution in [2.75, 3.05) is 5.73 Å². The molecule has 3 N–H and O–H groups in total. The molecule has 0 saturated carbocycles. The highest BCUT2D eigenvalue weighted by Gasteiger charge is 2.32. The molecule has 4 nitrogen and oxygen atoms in total. The minimum absolute atomic E-state index is 0.0736. The SMILES string of the molecule is Nc1cc(C(=O)NCc2c(F)cc(C(F)(F)F)cc2F)ccn1. The van der Waals surface area contributed by atoms with E-state index in [-0.39, 0.29) is 23.5 Å². The van der Waals surface area contributed by atoms with E-state index < -0.39 is 41.4 Å². The monoisotopic (exact) mass is 331 g/mol. The molecule has 0 unspecified atom stereocenters. The minimum atomic E-state index is -4.86. The maximum Gasteiger partial charge on any atom is 0.416 e. The first-order valence-electron chi connectivity index (χ1n) is 6.23. The molecule has 23 heavy (non-hydrogen) atoms. The van der Waals surface area contributed by atoms with Crippen LogP contribution in [0.25, 0.3) is 0 Å². The number of benzene rings is 1. The van der Waals surface area contributed by atoms with Crippen LogP contribution in [0, 0.1) is 11.6 Å². The van der Waals surface area contributed by atoms with Gasteiger partial charge in [0.15, 0.2) is 0 Å². The summed E-state index contributed by atoms with van der Waals surface area (Å²) in [4.78, 5) is 15.5. The number of hydrogen-bond acceptors (Lipinski definition) is 3. The minimum Gasteiger partial charge on any atom is -0.384 e. The van der Waals surface area contributed by atoms with Crippen molar-refractivity contribution in [1.29, 1.82) is 0 Å². The quantitative estimate of drug-likeness (QED) is 0.850. The number of nitrogens with one attached hydrogen (secondary N) is 1. The average Bonchev–Trinajstić information content (AvgIpc) is 2.45. The van der Waals surface area contributed by atoms with Crippen molar-refractivity contribution >= 4 is 11.7 Å². The van der Waals surface area contributed by atoms with Crippen LogP contribution in [0.3, 0.4) is 0 Å². The van der Waals surface area contributed by atoms with E-state index >= 15 is 0 Å². The van der Waals surface area contributed by atoms with Gasteiger partial charge in [0.2, 0.25) is 0 Å². The Bertz CT molecular complexity index is 722. The normalized spacial score (nSPS) is 11.3. The number of nitrogen functional groups attached to an aromatic ring is 1. The Hall–Kier alpha value is -2.71. The van der Waals surface area contributed by atoms with Crippen LogP contribution in [-0.4, -0.2) is 10.9 Å². The van der Waals surface area contributed by atoms with Crippen LogP contribution >= 0.6 is 0 Å². The maximum atomic E-state index is 13.6. The van der Waals surface area contributed by atoms with Crippen molar-refractivity contribution in [2.45, 2.75) is 12.7 Å². The molecule has 2 aromatic rings. The van der Waals surface area contributed by atoms with E-state index in [0.29, 0.717) is 0 Å². The number of amides is 1. The van der Waals surface area contributed by atoms with Crippen molar-refractivity contribution in [3.8, 4) is 0 Å². The summed E-state index contributed by atoms with van der Waals surface area (Å²) in [6.45, 7) is -0.614. The Morgan fingerprint density at radius 1 is 1.17 bits per heavy atom. The second-order valence-corrected chi connectivity index (χ2v) is 4.57. The van der Waals surface area contributed by atoms with Crippen molar-refractivity contribution in [2.24, 2.45) is 0 Å². The zero-order chi connectivity index (χ0) is 17.2. The summed E-state index contributed by atoms with van der Waals surface area (Å²) in [7, 11) is 0. The number of carbonyl (C=O) groups excluding carboxylic acids is 1. The topological polar surface area (TPSA) is 68.0 Å². The molecule has 1 aromatic heterocycles. The first-order valence-corrected chi connectivity index (χ1v) is 6.23. The lowest BCUT2D eigenvalue weighted by Crippen LogP contribution is -2.24. The summed E-state index contributed by atoms with van der Waals surface area (Å²) in [5.41, 5.74) is 3.38. The van der Waals surface area contributed by atoms with Gasteiger partial charge in [-0.05, 0) is 24.3 Å². The molecule has 0 aliphatic rings. The largest absolute Gasteiger partial charge is 0.416 e. The van der Waals surface area contributed by atoms with Gasteiger partial charge in [-0.1, -0.05) is 0 Å². The molecule has 0 spiro atoms. The second kappa shape index (κ2) is 6.19. The van der Waals surface area contributed by atoms with E-state index in [1.807, 2.05) is 0 Å². The van der Waals surface area contributed by atoms with Crippen LogP contribution in [0.4, 0.5) is 27.8 Å². The average molecular weight is 331 g/mol. The number of anilines is 1. The van der Waals surface area contributed by atoms with Crippen LogP contribution in [0.15, 0.2) is 30.5 Å². The van der Waals surface area contributed by atoms with Crippen LogP contribution < -0.4 is 11.1 Å². The molecule has 0 atom stereocenters. The summed E-state index contributed by atoms with van der Waals surface area (Å²) in [6, 6.07) is 2.92. The van der Waals surface area contributed by atoms with Crippen LogP contribution in [-0.2, 0) is 12.7 Å². The molecule has 0 radical (unpaired) electrons. The lowest BCUT2D eigenvalue weighted by Gasteiger charge is -2.11. The third kappa shape index (κ3) is 3.93. The zero-order valence-electron chi connectivity index (χ0n) is 11.4. The molecule has 0 fully saturated rings. The Balaban J connectivity index is 2.16. The molecule has 0 saturated heterocycles. The van der Waals surface area contributed by atoms with Crippen LogP contribution in [0.1, 0.15) is 21.5 Å². The maximum absolute atomic E-state index is 13.6. The summed E-state index contributed by atoms with van der Waals surface area (Å²) in [5.74, 6) is -3.42. The zero-order valence-corrected chi connectivity index (χ0v) is 11.4. The number of halogens is 5. The first kappa shape index (κ1) is 16.7. The van der Waals surface area contributed by atoms with E-state index in [1.165, 1.54) is 18.3 Å². The van der Waals surface area contributed by atoms with Gasteiger partial charge in [0.05, 0.1) is 5.56 Å². The highest BCUT2D eigenvalue weighted by molar-refractivity contribution is 5.94. The number of nitrogens with two attached hydrogens (primary N) is 1. The lowest BCUT2D eigenvalue weighted by molar-refractivity contribution is -0.138. The Morgan fingerprint density at radius 2 is 1.78 bits per heavy atom. The van der Waals surface area contributed by atoms with Gasteiger partial charge in [0, 0.05) is 23.9 Å². The fourth-order valence-corrected chi connectivity index (χ4v) is 1.80. The standard InChI is InChI=1S/C14H10F5N3O/c15-10-4-8(14(17,18)19)5-11(16)9(10)6-22-13(23)7-1-2-21-12(20)3-7/h1-5H,6H2,(H2,20,21)(H,22,23). The van der Waals surface area contributed by atoms with Crippen LogP contribution in [0.5, 0.6) is 0 Å². The molecule has 2 rings (SSSR count). The fourth-order valence-electron chi connectivity index (χ4n) is 1.80. The van der Waals surface area contributed by atoms with Gasteiger partial charge in [-0.2, -0.15) is 13.2 Å². The molecule has 9 heteroatoms. The van der Waals surface area contributed by atoms with Crippen molar-refractivity contribution in [3.05, 3.63) is 58.8 Å². The van der Waals surface area contributed by atoms with Gasteiger partial charge in [-0.3, -0.25) is 4.79 Å². The van der Waals surface area contributed by atoms with Crippen molar-refractivity contribution in [3.63, 3.8) is 0 Å². The Morgan fingerprint density at radius 3 is 2.30 bits per heavy atom. The van der Waals surface area contributed by atoms with Gasteiger partial charge >= 0.3 is 6.18 Å².